The number of halogens is 2. The van der Waals surface area contributed by atoms with Crippen molar-refractivity contribution in [1.29, 1.82) is 0 Å². The minimum Gasteiger partial charge on any atom is -0.487 e. The highest BCUT2D eigenvalue weighted by Gasteiger charge is 2.18. The Bertz CT molecular complexity index is 1130. The van der Waals surface area contributed by atoms with E-state index in [9.17, 15) is 14.0 Å². The maximum atomic E-state index is 14.5. The highest BCUT2D eigenvalue weighted by atomic mass is 35.5. The molecule has 0 unspecified atom stereocenters. The average molecular weight is 405 g/mol. The Labute approximate surface area is 165 Å². The van der Waals surface area contributed by atoms with Crippen LogP contribution < -0.4 is 21.0 Å². The fourth-order valence-electron chi connectivity index (χ4n) is 2.67. The Balaban J connectivity index is 2.07. The first-order chi connectivity index (χ1) is 13.3. The molecule has 1 aromatic heterocycles. The molecular weight excluding hydrogens is 387 g/mol. The fourth-order valence-corrected chi connectivity index (χ4v) is 2.87. The molecule has 0 bridgehead atoms. The third-order valence-electron chi connectivity index (χ3n) is 4.04. The molecule has 3 aromatic rings. The van der Waals surface area contributed by atoms with Crippen molar-refractivity contribution in [3.05, 3.63) is 79.8 Å². The summed E-state index contributed by atoms with van der Waals surface area (Å²) in [4.78, 5) is 30.4. The number of anilines is 1. The molecule has 0 N–H and O–H groups in total. The summed E-state index contributed by atoms with van der Waals surface area (Å²) < 4.78 is 22.0. The maximum Gasteiger partial charge on any atom is 0.359 e. The Morgan fingerprint density at radius 3 is 2.50 bits per heavy atom. The number of aromatic nitrogens is 3. The van der Waals surface area contributed by atoms with Gasteiger partial charge in [-0.15, -0.1) is 0 Å². The van der Waals surface area contributed by atoms with E-state index in [0.29, 0.717) is 4.57 Å². The molecule has 0 saturated heterocycles. The van der Waals surface area contributed by atoms with Crippen LogP contribution >= 0.6 is 11.6 Å². The van der Waals surface area contributed by atoms with Gasteiger partial charge >= 0.3 is 11.4 Å². The molecule has 0 amide bonds. The lowest BCUT2D eigenvalue weighted by molar-refractivity contribution is 0.306. The molecule has 3 rings (SSSR count). The highest BCUT2D eigenvalue weighted by Crippen LogP contribution is 2.29. The lowest BCUT2D eigenvalue weighted by Crippen LogP contribution is -2.42. The van der Waals surface area contributed by atoms with Gasteiger partial charge in [0.1, 0.15) is 18.2 Å². The molecule has 0 radical (unpaired) electrons. The van der Waals surface area contributed by atoms with Crippen LogP contribution in [0.5, 0.6) is 5.75 Å². The Kier molecular flexibility index (Phi) is 5.51. The minimum atomic E-state index is -0.901. The molecule has 9 heteroatoms. The summed E-state index contributed by atoms with van der Waals surface area (Å²) in [5.74, 6) is -0.538. The quantitative estimate of drug-likeness (QED) is 0.653. The van der Waals surface area contributed by atoms with E-state index in [2.05, 4.69) is 4.98 Å². The van der Waals surface area contributed by atoms with Gasteiger partial charge in [-0.3, -0.25) is 4.57 Å². The van der Waals surface area contributed by atoms with Crippen molar-refractivity contribution in [1.82, 2.24) is 14.1 Å². The molecule has 2 aromatic carbocycles. The van der Waals surface area contributed by atoms with Gasteiger partial charge < -0.3 is 9.64 Å². The zero-order valence-corrected chi connectivity index (χ0v) is 16.3. The fraction of sp³-hybridized carbons (Fsp3) is 0.211. The van der Waals surface area contributed by atoms with E-state index in [-0.39, 0.29) is 29.0 Å². The van der Waals surface area contributed by atoms with Gasteiger partial charge in [-0.05, 0) is 11.6 Å². The van der Waals surface area contributed by atoms with E-state index in [1.165, 1.54) is 18.0 Å². The predicted octanol–water partition coefficient (Wildman–Crippen LogP) is 2.37. The number of hydrogen-bond acceptors (Lipinski definition) is 5. The summed E-state index contributed by atoms with van der Waals surface area (Å²) in [5, 5.41) is 0.0277. The van der Waals surface area contributed by atoms with E-state index in [0.717, 1.165) is 16.2 Å². The van der Waals surface area contributed by atoms with Gasteiger partial charge in [0, 0.05) is 27.2 Å². The van der Waals surface area contributed by atoms with Crippen LogP contribution in [-0.4, -0.2) is 28.2 Å². The third kappa shape index (κ3) is 3.77. The van der Waals surface area contributed by atoms with Crippen molar-refractivity contribution in [3.63, 3.8) is 0 Å². The lowest BCUT2D eigenvalue weighted by Gasteiger charge is -2.17. The molecular formula is C19H18ClFN4O3. The number of hydrogen-bond donors (Lipinski definition) is 0. The molecule has 0 aliphatic carbocycles. The van der Waals surface area contributed by atoms with Crippen molar-refractivity contribution < 1.29 is 9.13 Å². The van der Waals surface area contributed by atoms with Crippen molar-refractivity contribution in [2.75, 3.05) is 19.0 Å². The summed E-state index contributed by atoms with van der Waals surface area (Å²) in [6, 6.07) is 11.5. The van der Waals surface area contributed by atoms with Crippen LogP contribution in [0.4, 0.5) is 10.3 Å². The Morgan fingerprint density at radius 1 is 1.18 bits per heavy atom. The zero-order valence-electron chi connectivity index (χ0n) is 15.5. The predicted molar refractivity (Wildman–Crippen MR) is 105 cm³/mol. The number of ether oxygens (including phenoxy) is 1. The van der Waals surface area contributed by atoms with Crippen molar-refractivity contribution >= 4 is 17.5 Å². The normalized spacial score (nSPS) is 10.8. The van der Waals surface area contributed by atoms with Crippen LogP contribution in [0.1, 0.15) is 5.56 Å². The Hall–Kier alpha value is -3.13. The lowest BCUT2D eigenvalue weighted by atomic mass is 10.2. The topological polar surface area (TPSA) is 69.4 Å². The molecule has 0 aliphatic heterocycles. The third-order valence-corrected chi connectivity index (χ3v) is 4.34. The second-order valence-corrected chi connectivity index (χ2v) is 6.68. The standard InChI is InChI=1S/C19H18ClFN4O3/c1-23(2)17-22-18(26)25(19(27)24(17)3)15-10-16(13(20)9-14(15)21)28-11-12-7-5-4-6-8-12/h4-10H,11H2,1-3H3. The maximum absolute atomic E-state index is 14.5. The van der Waals surface area contributed by atoms with Gasteiger partial charge in [0.05, 0.1) is 10.7 Å². The smallest absolute Gasteiger partial charge is 0.359 e. The molecule has 146 valence electrons. The van der Waals surface area contributed by atoms with Gasteiger partial charge in [-0.2, -0.15) is 4.98 Å². The summed E-state index contributed by atoms with van der Waals surface area (Å²) in [6.07, 6.45) is 0. The van der Waals surface area contributed by atoms with Crippen molar-refractivity contribution in [2.24, 2.45) is 7.05 Å². The molecule has 0 fully saturated rings. The summed E-state index contributed by atoms with van der Waals surface area (Å²) in [5.41, 5.74) is -1.04. The van der Waals surface area contributed by atoms with Crippen LogP contribution in [0.3, 0.4) is 0 Å². The highest BCUT2D eigenvalue weighted by molar-refractivity contribution is 6.32. The van der Waals surface area contributed by atoms with Crippen LogP contribution in [0, 0.1) is 5.82 Å². The zero-order chi connectivity index (χ0) is 20.4. The van der Waals surface area contributed by atoms with Gasteiger partial charge in [0.15, 0.2) is 0 Å². The second-order valence-electron chi connectivity index (χ2n) is 6.27. The van der Waals surface area contributed by atoms with E-state index >= 15 is 0 Å². The van der Waals surface area contributed by atoms with E-state index in [4.69, 9.17) is 16.3 Å². The average Bonchev–Trinajstić information content (AvgIpc) is 2.66. The first-order valence-corrected chi connectivity index (χ1v) is 8.71. The van der Waals surface area contributed by atoms with Gasteiger partial charge in [-0.1, -0.05) is 41.9 Å². The monoisotopic (exact) mass is 404 g/mol. The molecule has 7 nitrogen and oxygen atoms in total. The largest absolute Gasteiger partial charge is 0.487 e. The van der Waals surface area contributed by atoms with Gasteiger partial charge in [0.25, 0.3) is 0 Å². The second kappa shape index (κ2) is 7.85. The molecule has 28 heavy (non-hydrogen) atoms. The minimum absolute atomic E-state index is 0.0277. The SMILES string of the molecule is CN(C)c1nc(=O)n(-c2cc(OCc3ccccc3)c(Cl)cc2F)c(=O)n1C. The van der Waals surface area contributed by atoms with Gasteiger partial charge in [0.2, 0.25) is 5.95 Å². The first-order valence-electron chi connectivity index (χ1n) is 8.33. The van der Waals surface area contributed by atoms with E-state index in [1.807, 2.05) is 30.3 Å². The van der Waals surface area contributed by atoms with Crippen LogP contribution in [-0.2, 0) is 13.7 Å². The van der Waals surface area contributed by atoms with E-state index < -0.39 is 17.2 Å². The molecule has 0 atom stereocenters. The Morgan fingerprint density at radius 2 is 1.86 bits per heavy atom. The van der Waals surface area contributed by atoms with E-state index in [1.54, 1.807) is 14.1 Å². The molecule has 0 spiro atoms. The molecule has 0 aliphatic rings. The van der Waals surface area contributed by atoms with Crippen molar-refractivity contribution in [3.8, 4) is 11.4 Å². The number of rotatable bonds is 5. The van der Waals surface area contributed by atoms with Crippen LogP contribution in [0.2, 0.25) is 5.02 Å². The summed E-state index contributed by atoms with van der Waals surface area (Å²) >= 11 is 6.07. The van der Waals surface area contributed by atoms with Crippen LogP contribution in [0.15, 0.2) is 52.1 Å². The molecule has 0 saturated carbocycles. The molecule has 1 heterocycles. The number of benzene rings is 2. The van der Waals surface area contributed by atoms with Crippen LogP contribution in [0.25, 0.3) is 5.69 Å². The first kappa shape index (κ1) is 19.6. The summed E-state index contributed by atoms with van der Waals surface area (Å²) in [7, 11) is 4.73. The number of nitrogens with zero attached hydrogens (tertiary/aromatic N) is 4. The summed E-state index contributed by atoms with van der Waals surface area (Å²) in [6.45, 7) is 0.191. The van der Waals surface area contributed by atoms with Crippen molar-refractivity contribution in [2.45, 2.75) is 6.61 Å². The van der Waals surface area contributed by atoms with Gasteiger partial charge in [-0.25, -0.2) is 18.5 Å².